The fourth-order valence-electron chi connectivity index (χ4n) is 3.31. The van der Waals surface area contributed by atoms with Gasteiger partial charge in [0, 0.05) is 13.1 Å². The second kappa shape index (κ2) is 11.8. The molecule has 0 saturated carbocycles. The maximum absolute atomic E-state index is 13.4. The zero-order chi connectivity index (χ0) is 27.3. The molecule has 0 spiro atoms. The van der Waals surface area contributed by atoms with E-state index in [1.807, 2.05) is 0 Å². The maximum Gasteiger partial charge on any atom is 0.416 e. The molecule has 0 aromatic heterocycles. The predicted molar refractivity (Wildman–Crippen MR) is 130 cm³/mol. The molecule has 13 heteroatoms. The smallest absolute Gasteiger partial charge is 0.416 e. The van der Waals surface area contributed by atoms with E-state index in [4.69, 9.17) is 16.3 Å². The average molecular weight is 550 g/mol. The Bertz CT molecular complexity index is 1190. The Labute approximate surface area is 213 Å². The van der Waals surface area contributed by atoms with Gasteiger partial charge < -0.3 is 15.0 Å². The number of nitrogens with one attached hydrogen (secondary N) is 1. The molecule has 0 saturated heterocycles. The molecule has 0 aliphatic carbocycles. The van der Waals surface area contributed by atoms with Gasteiger partial charge in [-0.05, 0) is 49.7 Å². The highest BCUT2D eigenvalue weighted by Gasteiger charge is 2.34. The summed E-state index contributed by atoms with van der Waals surface area (Å²) in [5, 5.41) is 2.31. The van der Waals surface area contributed by atoms with Crippen LogP contribution in [0.2, 0.25) is 5.02 Å². The molecule has 0 bridgehead atoms. The molecule has 2 amide bonds. The highest BCUT2D eigenvalue weighted by atomic mass is 35.5. The standard InChI is InChI=1S/C23H27ClF3N3O5S/c1-5-28-22(32)15(2)29(13-16-6-9-18(35-3)10-7-16)21(31)14-30(36(4,33)34)20-12-17(23(25,26)27)8-11-19(20)24/h6-12,15H,5,13-14H2,1-4H3,(H,28,32)/t15-/m1/s1. The van der Waals surface area contributed by atoms with Crippen LogP contribution in [0.3, 0.4) is 0 Å². The Morgan fingerprint density at radius 2 is 1.75 bits per heavy atom. The monoisotopic (exact) mass is 549 g/mol. The molecule has 0 fully saturated rings. The van der Waals surface area contributed by atoms with Crippen LogP contribution in [-0.4, -0.2) is 57.6 Å². The number of rotatable bonds is 10. The molecule has 1 N–H and O–H groups in total. The third-order valence-corrected chi connectivity index (χ3v) is 6.70. The molecule has 2 aromatic rings. The normalized spacial score (nSPS) is 12.6. The van der Waals surface area contributed by atoms with E-state index in [1.165, 1.54) is 14.0 Å². The van der Waals surface area contributed by atoms with Gasteiger partial charge >= 0.3 is 6.18 Å². The molecular formula is C23H27ClF3N3O5S. The van der Waals surface area contributed by atoms with Crippen molar-refractivity contribution in [2.24, 2.45) is 0 Å². The van der Waals surface area contributed by atoms with Gasteiger partial charge in [-0.2, -0.15) is 13.2 Å². The van der Waals surface area contributed by atoms with Crippen LogP contribution in [0.5, 0.6) is 5.75 Å². The van der Waals surface area contributed by atoms with E-state index in [1.54, 1.807) is 31.2 Å². The minimum Gasteiger partial charge on any atom is -0.497 e. The molecule has 0 aliphatic heterocycles. The van der Waals surface area contributed by atoms with Crippen LogP contribution in [0.25, 0.3) is 0 Å². The molecule has 0 heterocycles. The Balaban J connectivity index is 2.48. The second-order valence-corrected chi connectivity index (χ2v) is 10.2. The van der Waals surface area contributed by atoms with Crippen molar-refractivity contribution in [3.8, 4) is 5.75 Å². The number of carbonyl (C=O) groups is 2. The van der Waals surface area contributed by atoms with Crippen molar-refractivity contribution in [3.63, 3.8) is 0 Å². The fraction of sp³-hybridized carbons (Fsp3) is 0.391. The zero-order valence-electron chi connectivity index (χ0n) is 20.1. The third kappa shape index (κ3) is 7.50. The number of alkyl halides is 3. The van der Waals surface area contributed by atoms with Crippen molar-refractivity contribution in [1.82, 2.24) is 10.2 Å². The summed E-state index contributed by atoms with van der Waals surface area (Å²) in [6.45, 7) is 2.51. The van der Waals surface area contributed by atoms with Crippen LogP contribution in [0.15, 0.2) is 42.5 Å². The van der Waals surface area contributed by atoms with E-state index in [9.17, 15) is 31.2 Å². The van der Waals surface area contributed by atoms with Crippen LogP contribution < -0.4 is 14.4 Å². The van der Waals surface area contributed by atoms with E-state index in [0.29, 0.717) is 34.3 Å². The van der Waals surface area contributed by atoms with E-state index in [2.05, 4.69) is 5.32 Å². The van der Waals surface area contributed by atoms with Crippen molar-refractivity contribution in [1.29, 1.82) is 0 Å². The molecule has 0 unspecified atom stereocenters. The first-order valence-electron chi connectivity index (χ1n) is 10.7. The first-order valence-corrected chi connectivity index (χ1v) is 13.0. The fourth-order valence-corrected chi connectivity index (χ4v) is 4.43. The van der Waals surface area contributed by atoms with Crippen LogP contribution in [0.1, 0.15) is 25.0 Å². The lowest BCUT2D eigenvalue weighted by Crippen LogP contribution is -2.51. The lowest BCUT2D eigenvalue weighted by atomic mass is 10.1. The number of likely N-dealkylation sites (N-methyl/N-ethyl adjacent to an activating group) is 1. The molecule has 0 radical (unpaired) electrons. The van der Waals surface area contributed by atoms with Crippen molar-refractivity contribution >= 4 is 39.1 Å². The highest BCUT2D eigenvalue weighted by Crippen LogP contribution is 2.36. The average Bonchev–Trinajstić information content (AvgIpc) is 2.80. The van der Waals surface area contributed by atoms with Crippen LogP contribution in [0.4, 0.5) is 18.9 Å². The van der Waals surface area contributed by atoms with Gasteiger partial charge in [0.1, 0.15) is 18.3 Å². The topological polar surface area (TPSA) is 96.0 Å². The van der Waals surface area contributed by atoms with Gasteiger partial charge in [-0.15, -0.1) is 0 Å². The Morgan fingerprint density at radius 3 is 2.25 bits per heavy atom. The van der Waals surface area contributed by atoms with E-state index >= 15 is 0 Å². The quantitative estimate of drug-likeness (QED) is 0.488. The van der Waals surface area contributed by atoms with E-state index in [0.717, 1.165) is 17.2 Å². The number of benzene rings is 2. The van der Waals surface area contributed by atoms with Crippen molar-refractivity contribution in [2.45, 2.75) is 32.6 Å². The zero-order valence-corrected chi connectivity index (χ0v) is 21.7. The summed E-state index contributed by atoms with van der Waals surface area (Å²) in [5.74, 6) is -0.735. The van der Waals surface area contributed by atoms with E-state index in [-0.39, 0.29) is 11.6 Å². The van der Waals surface area contributed by atoms with Gasteiger partial charge in [-0.3, -0.25) is 13.9 Å². The number of halogens is 4. The minimum absolute atomic E-state index is 0.0744. The molecule has 0 aliphatic rings. The van der Waals surface area contributed by atoms with E-state index < -0.39 is 51.9 Å². The number of carbonyl (C=O) groups excluding carboxylic acids is 2. The van der Waals surface area contributed by atoms with Crippen LogP contribution >= 0.6 is 11.6 Å². The highest BCUT2D eigenvalue weighted by molar-refractivity contribution is 7.92. The third-order valence-electron chi connectivity index (χ3n) is 5.25. The van der Waals surface area contributed by atoms with Gasteiger partial charge in [-0.1, -0.05) is 23.7 Å². The summed E-state index contributed by atoms with van der Waals surface area (Å²) in [5.41, 5.74) is -1.02. The van der Waals surface area contributed by atoms with Gasteiger partial charge in [-0.25, -0.2) is 8.42 Å². The summed E-state index contributed by atoms with van der Waals surface area (Å²) in [6, 6.07) is 7.81. The van der Waals surface area contributed by atoms with Crippen molar-refractivity contribution < 1.29 is 35.9 Å². The number of ether oxygens (including phenoxy) is 1. The summed E-state index contributed by atoms with van der Waals surface area (Å²) in [4.78, 5) is 27.1. The predicted octanol–water partition coefficient (Wildman–Crippen LogP) is 3.69. The molecular weight excluding hydrogens is 523 g/mol. The summed E-state index contributed by atoms with van der Waals surface area (Å²) < 4.78 is 70.6. The molecule has 36 heavy (non-hydrogen) atoms. The second-order valence-electron chi connectivity index (χ2n) is 7.87. The van der Waals surface area contributed by atoms with Gasteiger partial charge in [0.2, 0.25) is 21.8 Å². The number of hydrogen-bond acceptors (Lipinski definition) is 5. The summed E-state index contributed by atoms with van der Waals surface area (Å²) in [7, 11) is -2.77. The molecule has 2 rings (SSSR count). The molecule has 2 aromatic carbocycles. The first kappa shape index (κ1) is 29.2. The summed E-state index contributed by atoms with van der Waals surface area (Å²) in [6.07, 6.45) is -4.02. The minimum atomic E-state index is -4.76. The maximum atomic E-state index is 13.4. The van der Waals surface area contributed by atoms with Gasteiger partial charge in [0.25, 0.3) is 0 Å². The SMILES string of the molecule is CCNC(=O)[C@@H](C)N(Cc1ccc(OC)cc1)C(=O)CN(c1cc(C(F)(F)F)ccc1Cl)S(C)(=O)=O. The van der Waals surface area contributed by atoms with Gasteiger partial charge in [0.15, 0.2) is 0 Å². The molecule has 198 valence electrons. The largest absolute Gasteiger partial charge is 0.497 e. The Morgan fingerprint density at radius 1 is 1.14 bits per heavy atom. The number of amides is 2. The lowest BCUT2D eigenvalue weighted by molar-refractivity contribution is -0.139. The Hall–Kier alpha value is -2.99. The number of anilines is 1. The summed E-state index contributed by atoms with van der Waals surface area (Å²) >= 11 is 6.05. The number of hydrogen-bond donors (Lipinski definition) is 1. The number of sulfonamides is 1. The van der Waals surface area contributed by atoms with Crippen molar-refractivity contribution in [2.75, 3.05) is 30.8 Å². The Kier molecular flexibility index (Phi) is 9.61. The number of methoxy groups -OCH3 is 1. The van der Waals surface area contributed by atoms with Crippen LogP contribution in [0, 0.1) is 0 Å². The lowest BCUT2D eigenvalue weighted by Gasteiger charge is -2.31. The first-order chi connectivity index (χ1) is 16.7. The molecule has 8 nitrogen and oxygen atoms in total. The van der Waals surface area contributed by atoms with Crippen LogP contribution in [-0.2, 0) is 32.3 Å². The molecule has 1 atom stereocenters. The number of nitrogens with zero attached hydrogens (tertiary/aromatic N) is 2. The van der Waals surface area contributed by atoms with Gasteiger partial charge in [0.05, 0.1) is 29.6 Å². The van der Waals surface area contributed by atoms with Crippen molar-refractivity contribution in [3.05, 3.63) is 58.6 Å².